The number of hydrogen-bond acceptors (Lipinski definition) is 3. The third-order valence-corrected chi connectivity index (χ3v) is 2.94. The molecular formula is C14H12ClN3. The molecule has 18 heavy (non-hydrogen) atoms. The molecule has 0 amide bonds. The fourth-order valence-corrected chi connectivity index (χ4v) is 1.82. The molecule has 0 saturated heterocycles. The minimum atomic E-state index is 0.589. The van der Waals surface area contributed by atoms with Gasteiger partial charge in [-0.3, -0.25) is 4.98 Å². The Kier molecular flexibility index (Phi) is 3.81. The zero-order chi connectivity index (χ0) is 13.0. The first-order valence-corrected chi connectivity index (χ1v) is 5.91. The van der Waals surface area contributed by atoms with Crippen LogP contribution >= 0.6 is 11.6 Å². The Morgan fingerprint density at radius 1 is 1.39 bits per heavy atom. The Balaban J connectivity index is 2.18. The van der Waals surface area contributed by atoms with Gasteiger partial charge < -0.3 is 5.32 Å². The summed E-state index contributed by atoms with van der Waals surface area (Å²) in [6, 6.07) is 9.28. The number of rotatable bonds is 3. The fraction of sp³-hybridized carbons (Fsp3) is 0.143. The van der Waals surface area contributed by atoms with Crippen molar-refractivity contribution in [3.8, 4) is 6.07 Å². The number of pyridine rings is 1. The molecule has 0 aliphatic carbocycles. The lowest BCUT2D eigenvalue weighted by molar-refractivity contribution is 1.09. The summed E-state index contributed by atoms with van der Waals surface area (Å²) in [5, 5.41) is 12.9. The molecule has 0 bridgehead atoms. The van der Waals surface area contributed by atoms with Crippen LogP contribution in [-0.2, 0) is 6.54 Å². The summed E-state index contributed by atoms with van der Waals surface area (Å²) in [5.41, 5.74) is 3.60. The van der Waals surface area contributed by atoms with E-state index in [4.69, 9.17) is 16.9 Å². The number of anilines is 1. The van der Waals surface area contributed by atoms with Crippen LogP contribution in [0.3, 0.4) is 0 Å². The summed E-state index contributed by atoms with van der Waals surface area (Å²) >= 11 is 5.93. The van der Waals surface area contributed by atoms with E-state index in [1.807, 2.05) is 19.2 Å². The van der Waals surface area contributed by atoms with E-state index in [1.165, 1.54) is 0 Å². The molecule has 1 N–H and O–H groups in total. The summed E-state index contributed by atoms with van der Waals surface area (Å²) < 4.78 is 0. The van der Waals surface area contributed by atoms with Crippen LogP contribution in [0.15, 0.2) is 36.7 Å². The highest BCUT2D eigenvalue weighted by Gasteiger charge is 2.03. The normalized spacial score (nSPS) is 9.83. The predicted molar refractivity (Wildman–Crippen MR) is 72.5 cm³/mol. The molecule has 0 radical (unpaired) electrons. The molecule has 90 valence electrons. The van der Waals surface area contributed by atoms with Crippen LogP contribution in [0, 0.1) is 18.3 Å². The van der Waals surface area contributed by atoms with Gasteiger partial charge in [0, 0.05) is 24.0 Å². The zero-order valence-electron chi connectivity index (χ0n) is 9.94. The molecular weight excluding hydrogens is 246 g/mol. The third kappa shape index (κ3) is 2.79. The SMILES string of the molecule is Cc1cnccc1CNc1cc(Cl)ccc1C#N. The highest BCUT2D eigenvalue weighted by molar-refractivity contribution is 6.30. The maximum absolute atomic E-state index is 9.02. The van der Waals surface area contributed by atoms with E-state index in [-0.39, 0.29) is 0 Å². The first-order chi connectivity index (χ1) is 8.70. The van der Waals surface area contributed by atoms with Gasteiger partial charge in [-0.15, -0.1) is 0 Å². The largest absolute Gasteiger partial charge is 0.380 e. The van der Waals surface area contributed by atoms with Crippen molar-refractivity contribution in [3.63, 3.8) is 0 Å². The zero-order valence-corrected chi connectivity index (χ0v) is 10.7. The van der Waals surface area contributed by atoms with E-state index in [0.29, 0.717) is 17.1 Å². The van der Waals surface area contributed by atoms with E-state index in [0.717, 1.165) is 16.8 Å². The molecule has 0 spiro atoms. The lowest BCUT2D eigenvalue weighted by atomic mass is 10.1. The van der Waals surface area contributed by atoms with Crippen LogP contribution in [0.5, 0.6) is 0 Å². The maximum Gasteiger partial charge on any atom is 0.101 e. The molecule has 2 aromatic rings. The van der Waals surface area contributed by atoms with Crippen LogP contribution < -0.4 is 5.32 Å². The second kappa shape index (κ2) is 5.52. The predicted octanol–water partition coefficient (Wildman–Crippen LogP) is 3.53. The molecule has 0 aliphatic heterocycles. The van der Waals surface area contributed by atoms with E-state index in [2.05, 4.69) is 16.4 Å². The van der Waals surface area contributed by atoms with Crippen LogP contribution in [0.2, 0.25) is 5.02 Å². The molecule has 1 heterocycles. The van der Waals surface area contributed by atoms with Gasteiger partial charge in [-0.25, -0.2) is 0 Å². The van der Waals surface area contributed by atoms with Gasteiger partial charge in [0.05, 0.1) is 11.3 Å². The summed E-state index contributed by atoms with van der Waals surface area (Å²) in [5.74, 6) is 0. The van der Waals surface area contributed by atoms with Crippen molar-refractivity contribution in [2.75, 3.05) is 5.32 Å². The van der Waals surface area contributed by atoms with Crippen LogP contribution in [0.25, 0.3) is 0 Å². The Bertz CT molecular complexity index is 602. The van der Waals surface area contributed by atoms with Crippen LogP contribution in [0.4, 0.5) is 5.69 Å². The molecule has 2 rings (SSSR count). The van der Waals surface area contributed by atoms with Crippen molar-refractivity contribution in [1.29, 1.82) is 5.26 Å². The molecule has 0 aliphatic rings. The lowest BCUT2D eigenvalue weighted by Gasteiger charge is -2.10. The van der Waals surface area contributed by atoms with E-state index >= 15 is 0 Å². The molecule has 1 aromatic heterocycles. The molecule has 4 heteroatoms. The molecule has 0 saturated carbocycles. The Morgan fingerprint density at radius 2 is 2.22 bits per heavy atom. The quantitative estimate of drug-likeness (QED) is 0.915. The molecule has 0 unspecified atom stereocenters. The van der Waals surface area contributed by atoms with Gasteiger partial charge in [0.1, 0.15) is 6.07 Å². The van der Waals surface area contributed by atoms with Gasteiger partial charge in [0.15, 0.2) is 0 Å². The number of halogens is 1. The van der Waals surface area contributed by atoms with Crippen molar-refractivity contribution in [1.82, 2.24) is 4.98 Å². The van der Waals surface area contributed by atoms with Gasteiger partial charge in [-0.1, -0.05) is 11.6 Å². The Morgan fingerprint density at radius 3 is 2.94 bits per heavy atom. The minimum absolute atomic E-state index is 0.589. The van der Waals surface area contributed by atoms with Crippen molar-refractivity contribution in [2.45, 2.75) is 13.5 Å². The van der Waals surface area contributed by atoms with Crippen molar-refractivity contribution >= 4 is 17.3 Å². The summed E-state index contributed by atoms with van der Waals surface area (Å²) in [6.45, 7) is 2.65. The number of nitriles is 1. The lowest BCUT2D eigenvalue weighted by Crippen LogP contribution is -2.03. The Hall–Kier alpha value is -2.05. The second-order valence-corrected chi connectivity index (χ2v) is 4.39. The summed E-state index contributed by atoms with van der Waals surface area (Å²) in [4.78, 5) is 4.05. The molecule has 1 aromatic carbocycles. The second-order valence-electron chi connectivity index (χ2n) is 3.96. The highest BCUT2D eigenvalue weighted by Crippen LogP contribution is 2.21. The average molecular weight is 258 g/mol. The standard InChI is InChI=1S/C14H12ClN3/c1-10-8-17-5-4-12(10)9-18-14-6-13(15)3-2-11(14)7-16/h2-6,8,18H,9H2,1H3. The van der Waals surface area contributed by atoms with E-state index < -0.39 is 0 Å². The van der Waals surface area contributed by atoms with Crippen molar-refractivity contribution in [2.24, 2.45) is 0 Å². The smallest absolute Gasteiger partial charge is 0.101 e. The Labute approximate surface area is 111 Å². The van der Waals surface area contributed by atoms with Crippen LogP contribution in [-0.4, -0.2) is 4.98 Å². The fourth-order valence-electron chi connectivity index (χ4n) is 1.65. The molecule has 3 nitrogen and oxygen atoms in total. The molecule has 0 atom stereocenters. The number of hydrogen-bond donors (Lipinski definition) is 1. The highest BCUT2D eigenvalue weighted by atomic mass is 35.5. The number of benzene rings is 1. The minimum Gasteiger partial charge on any atom is -0.380 e. The monoisotopic (exact) mass is 257 g/mol. The van der Waals surface area contributed by atoms with Crippen molar-refractivity contribution < 1.29 is 0 Å². The number of nitrogens with one attached hydrogen (secondary N) is 1. The summed E-state index contributed by atoms with van der Waals surface area (Å²) in [6.07, 6.45) is 3.58. The van der Waals surface area contributed by atoms with E-state index in [1.54, 1.807) is 24.4 Å². The van der Waals surface area contributed by atoms with Gasteiger partial charge in [0.2, 0.25) is 0 Å². The number of aryl methyl sites for hydroxylation is 1. The van der Waals surface area contributed by atoms with Crippen molar-refractivity contribution in [3.05, 3.63) is 58.4 Å². The van der Waals surface area contributed by atoms with Gasteiger partial charge in [-0.05, 0) is 42.3 Å². The van der Waals surface area contributed by atoms with Gasteiger partial charge in [0.25, 0.3) is 0 Å². The number of aromatic nitrogens is 1. The maximum atomic E-state index is 9.02. The average Bonchev–Trinajstić information content (AvgIpc) is 2.38. The van der Waals surface area contributed by atoms with Crippen LogP contribution in [0.1, 0.15) is 16.7 Å². The first-order valence-electron chi connectivity index (χ1n) is 5.53. The van der Waals surface area contributed by atoms with E-state index in [9.17, 15) is 0 Å². The van der Waals surface area contributed by atoms with Gasteiger partial charge in [-0.2, -0.15) is 5.26 Å². The first kappa shape index (κ1) is 12.4. The number of nitrogens with zero attached hydrogens (tertiary/aromatic N) is 2. The third-order valence-electron chi connectivity index (χ3n) is 2.71. The summed E-state index contributed by atoms with van der Waals surface area (Å²) in [7, 11) is 0. The molecule has 0 fully saturated rings. The van der Waals surface area contributed by atoms with Gasteiger partial charge >= 0.3 is 0 Å². The topological polar surface area (TPSA) is 48.7 Å².